The molecule has 158 valence electrons. The quantitative estimate of drug-likeness (QED) is 0.673. The van der Waals surface area contributed by atoms with Crippen molar-refractivity contribution in [3.8, 4) is 17.6 Å². The van der Waals surface area contributed by atoms with Crippen LogP contribution in [0.2, 0.25) is 0 Å². The maximum Gasteiger partial charge on any atom is 0.416 e. The van der Waals surface area contributed by atoms with E-state index in [0.29, 0.717) is 5.92 Å². The van der Waals surface area contributed by atoms with E-state index in [0.717, 1.165) is 36.3 Å². The Morgan fingerprint density at radius 1 is 1.20 bits per heavy atom. The summed E-state index contributed by atoms with van der Waals surface area (Å²) in [5.41, 5.74) is 0.619. The summed E-state index contributed by atoms with van der Waals surface area (Å²) in [6, 6.07) is 12.7. The van der Waals surface area contributed by atoms with Gasteiger partial charge in [-0.25, -0.2) is 0 Å². The second kappa shape index (κ2) is 9.68. The van der Waals surface area contributed by atoms with E-state index in [1.165, 1.54) is 12.1 Å². The van der Waals surface area contributed by atoms with E-state index in [4.69, 9.17) is 4.74 Å². The van der Waals surface area contributed by atoms with Crippen LogP contribution in [0.25, 0.3) is 0 Å². The largest absolute Gasteiger partial charge is 0.497 e. The molecule has 0 aliphatic heterocycles. The first-order valence-electron chi connectivity index (χ1n) is 9.67. The standard InChI is InChI=1S/C23H23F3N2O2/c1-30-20-11-9-18(10-12-20)22(17-7-8-17)28-15-21(29)27-13-3-5-16-4-2-6-19(14-16)23(24,25)26/h2,4,6,9-12,14,17,22,28H,7-8,13,15H2,1H3,(H,27,29). The zero-order chi connectivity index (χ0) is 21.6. The Balaban J connectivity index is 1.48. The van der Waals surface area contributed by atoms with Crippen LogP contribution in [0, 0.1) is 17.8 Å². The summed E-state index contributed by atoms with van der Waals surface area (Å²) in [6.45, 7) is 0.200. The molecule has 1 atom stereocenters. The van der Waals surface area contributed by atoms with Gasteiger partial charge in [-0.2, -0.15) is 13.2 Å². The maximum absolute atomic E-state index is 12.7. The third-order valence-electron chi connectivity index (χ3n) is 4.85. The minimum absolute atomic E-state index is 0.0629. The van der Waals surface area contributed by atoms with Crippen molar-refractivity contribution in [1.82, 2.24) is 10.6 Å². The summed E-state index contributed by atoms with van der Waals surface area (Å²) in [5, 5.41) is 5.96. The van der Waals surface area contributed by atoms with Crippen LogP contribution < -0.4 is 15.4 Å². The number of carbonyl (C=O) groups excluding carboxylic acids is 1. The Labute approximate surface area is 173 Å². The summed E-state index contributed by atoms with van der Waals surface area (Å²) < 4.78 is 43.3. The molecule has 1 saturated carbocycles. The normalized spacial score (nSPS) is 14.4. The molecule has 0 radical (unpaired) electrons. The van der Waals surface area contributed by atoms with Crippen LogP contribution in [-0.2, 0) is 11.0 Å². The van der Waals surface area contributed by atoms with Crippen molar-refractivity contribution in [2.75, 3.05) is 20.2 Å². The molecule has 2 N–H and O–H groups in total. The fourth-order valence-electron chi connectivity index (χ4n) is 3.12. The highest BCUT2D eigenvalue weighted by molar-refractivity contribution is 5.78. The summed E-state index contributed by atoms with van der Waals surface area (Å²) in [7, 11) is 1.62. The maximum atomic E-state index is 12.7. The number of ether oxygens (including phenoxy) is 1. The smallest absolute Gasteiger partial charge is 0.416 e. The predicted molar refractivity (Wildman–Crippen MR) is 108 cm³/mol. The lowest BCUT2D eigenvalue weighted by Gasteiger charge is -2.18. The van der Waals surface area contributed by atoms with Crippen molar-refractivity contribution in [3.05, 3.63) is 65.2 Å². The van der Waals surface area contributed by atoms with Gasteiger partial charge in [-0.1, -0.05) is 30.0 Å². The lowest BCUT2D eigenvalue weighted by Crippen LogP contribution is -2.36. The van der Waals surface area contributed by atoms with E-state index in [-0.39, 0.29) is 30.6 Å². The van der Waals surface area contributed by atoms with E-state index < -0.39 is 11.7 Å². The lowest BCUT2D eigenvalue weighted by molar-refractivity contribution is -0.137. The van der Waals surface area contributed by atoms with Gasteiger partial charge in [0.1, 0.15) is 5.75 Å². The molecule has 0 spiro atoms. The average Bonchev–Trinajstić information content (AvgIpc) is 3.57. The highest BCUT2D eigenvalue weighted by Crippen LogP contribution is 2.41. The minimum Gasteiger partial charge on any atom is -0.497 e. The van der Waals surface area contributed by atoms with Gasteiger partial charge < -0.3 is 15.4 Å². The molecule has 1 amide bonds. The summed E-state index contributed by atoms with van der Waals surface area (Å²) in [5.74, 6) is 6.41. The van der Waals surface area contributed by atoms with Crippen molar-refractivity contribution < 1.29 is 22.7 Å². The SMILES string of the molecule is COc1ccc(C(NCC(=O)NCC#Cc2cccc(C(F)(F)F)c2)C2CC2)cc1. The van der Waals surface area contributed by atoms with Crippen LogP contribution in [0.3, 0.4) is 0 Å². The second-order valence-electron chi connectivity index (χ2n) is 7.13. The van der Waals surface area contributed by atoms with Crippen LogP contribution in [-0.4, -0.2) is 26.1 Å². The van der Waals surface area contributed by atoms with Gasteiger partial charge in [-0.15, -0.1) is 0 Å². The Morgan fingerprint density at radius 2 is 1.93 bits per heavy atom. The molecule has 1 aliphatic rings. The molecule has 3 rings (SSSR count). The van der Waals surface area contributed by atoms with Crippen LogP contribution >= 0.6 is 0 Å². The van der Waals surface area contributed by atoms with Gasteiger partial charge in [-0.3, -0.25) is 4.79 Å². The monoisotopic (exact) mass is 416 g/mol. The first kappa shape index (κ1) is 21.7. The van der Waals surface area contributed by atoms with E-state index >= 15 is 0 Å². The van der Waals surface area contributed by atoms with Crippen LogP contribution in [0.5, 0.6) is 5.75 Å². The number of benzene rings is 2. The Kier molecular flexibility index (Phi) is 7.01. The van der Waals surface area contributed by atoms with E-state index in [2.05, 4.69) is 22.5 Å². The summed E-state index contributed by atoms with van der Waals surface area (Å²) >= 11 is 0. The number of rotatable bonds is 7. The first-order valence-corrected chi connectivity index (χ1v) is 9.67. The number of amides is 1. The molecule has 0 heterocycles. The molecule has 0 bridgehead atoms. The summed E-state index contributed by atoms with van der Waals surface area (Å²) in [4.78, 5) is 12.1. The molecule has 30 heavy (non-hydrogen) atoms. The first-order chi connectivity index (χ1) is 14.4. The molecule has 1 fully saturated rings. The van der Waals surface area contributed by atoms with Gasteiger partial charge in [0.25, 0.3) is 0 Å². The Bertz CT molecular complexity index is 926. The van der Waals surface area contributed by atoms with Crippen LogP contribution in [0.1, 0.15) is 35.6 Å². The lowest BCUT2D eigenvalue weighted by atomic mass is 10.0. The van der Waals surface area contributed by atoms with E-state index in [1.54, 1.807) is 7.11 Å². The van der Waals surface area contributed by atoms with E-state index in [1.807, 2.05) is 24.3 Å². The highest BCUT2D eigenvalue weighted by Gasteiger charge is 2.32. The van der Waals surface area contributed by atoms with Gasteiger partial charge in [-0.05, 0) is 54.7 Å². The van der Waals surface area contributed by atoms with Gasteiger partial charge in [0, 0.05) is 11.6 Å². The Morgan fingerprint density at radius 3 is 2.57 bits per heavy atom. The minimum atomic E-state index is -4.40. The Hall–Kier alpha value is -2.98. The number of alkyl halides is 3. The molecule has 1 aliphatic carbocycles. The van der Waals surface area contributed by atoms with Crippen molar-refractivity contribution in [2.45, 2.75) is 25.1 Å². The number of carbonyl (C=O) groups is 1. The number of methoxy groups -OCH3 is 1. The van der Waals surface area contributed by atoms with E-state index in [9.17, 15) is 18.0 Å². The van der Waals surface area contributed by atoms with Crippen LogP contribution in [0.15, 0.2) is 48.5 Å². The number of halogens is 3. The van der Waals surface area contributed by atoms with Crippen molar-refractivity contribution in [3.63, 3.8) is 0 Å². The molecule has 7 heteroatoms. The summed E-state index contributed by atoms with van der Waals surface area (Å²) in [6.07, 6.45) is -2.17. The number of hydrogen-bond acceptors (Lipinski definition) is 3. The molecule has 0 saturated heterocycles. The van der Waals surface area contributed by atoms with Gasteiger partial charge in [0.15, 0.2) is 0 Å². The molecule has 0 aromatic heterocycles. The number of nitrogens with one attached hydrogen (secondary N) is 2. The topological polar surface area (TPSA) is 50.4 Å². The molecular formula is C23H23F3N2O2. The third-order valence-corrected chi connectivity index (χ3v) is 4.85. The second-order valence-corrected chi connectivity index (χ2v) is 7.13. The third kappa shape index (κ3) is 6.26. The predicted octanol–water partition coefficient (Wildman–Crippen LogP) is 3.92. The van der Waals surface area contributed by atoms with Crippen molar-refractivity contribution in [1.29, 1.82) is 0 Å². The van der Waals surface area contributed by atoms with Gasteiger partial charge in [0.2, 0.25) is 5.91 Å². The zero-order valence-electron chi connectivity index (χ0n) is 16.6. The molecule has 2 aromatic rings. The van der Waals surface area contributed by atoms with Gasteiger partial charge >= 0.3 is 6.18 Å². The number of hydrogen-bond donors (Lipinski definition) is 2. The molecule has 1 unspecified atom stereocenters. The van der Waals surface area contributed by atoms with Crippen LogP contribution in [0.4, 0.5) is 13.2 Å². The molecule has 2 aromatic carbocycles. The van der Waals surface area contributed by atoms with Gasteiger partial charge in [0.05, 0.1) is 25.8 Å². The fourth-order valence-corrected chi connectivity index (χ4v) is 3.12. The van der Waals surface area contributed by atoms with Crippen molar-refractivity contribution in [2.24, 2.45) is 5.92 Å². The van der Waals surface area contributed by atoms with Crippen molar-refractivity contribution >= 4 is 5.91 Å². The average molecular weight is 416 g/mol. The molecular weight excluding hydrogens is 393 g/mol. The zero-order valence-corrected chi connectivity index (χ0v) is 16.6. The molecule has 4 nitrogen and oxygen atoms in total. The fraction of sp³-hybridized carbons (Fsp3) is 0.348. The highest BCUT2D eigenvalue weighted by atomic mass is 19.4.